The first-order valence-electron chi connectivity index (χ1n) is 9.73. The van der Waals surface area contributed by atoms with Crippen LogP contribution >= 0.6 is 0 Å². The Kier molecular flexibility index (Phi) is 4.95. The van der Waals surface area contributed by atoms with Crippen molar-refractivity contribution in [3.8, 4) is 0 Å². The predicted molar refractivity (Wildman–Crippen MR) is 97.5 cm³/mol. The van der Waals surface area contributed by atoms with E-state index >= 15 is 0 Å². The summed E-state index contributed by atoms with van der Waals surface area (Å²) in [4.78, 5) is 15.2. The van der Waals surface area contributed by atoms with Gasteiger partial charge in [-0.2, -0.15) is 0 Å². The summed E-state index contributed by atoms with van der Waals surface area (Å²) in [7, 11) is 0. The van der Waals surface area contributed by atoms with Crippen LogP contribution in [0.15, 0.2) is 30.3 Å². The van der Waals surface area contributed by atoms with Crippen LogP contribution in [0.1, 0.15) is 50.1 Å². The quantitative estimate of drug-likeness (QED) is 0.835. The maximum atomic E-state index is 12.7. The average Bonchev–Trinajstić information content (AvgIpc) is 3.07. The van der Waals surface area contributed by atoms with Crippen LogP contribution < -0.4 is 10.6 Å². The van der Waals surface area contributed by atoms with Crippen molar-refractivity contribution in [1.29, 1.82) is 0 Å². The molecule has 3 fully saturated rings. The number of hydrogen-bond donors (Lipinski definition) is 2. The zero-order chi connectivity index (χ0) is 17.1. The van der Waals surface area contributed by atoms with Crippen LogP contribution in [0.3, 0.4) is 0 Å². The van der Waals surface area contributed by atoms with Gasteiger partial charge in [0.05, 0.1) is 17.7 Å². The van der Waals surface area contributed by atoms with Crippen LogP contribution in [-0.4, -0.2) is 48.8 Å². The van der Waals surface area contributed by atoms with Crippen molar-refractivity contribution in [2.75, 3.05) is 26.2 Å². The van der Waals surface area contributed by atoms with E-state index in [1.807, 2.05) is 18.2 Å². The molecule has 2 amide bonds. The van der Waals surface area contributed by atoms with E-state index in [4.69, 9.17) is 4.74 Å². The number of urea groups is 1. The second-order valence-corrected chi connectivity index (χ2v) is 7.73. The maximum absolute atomic E-state index is 12.7. The summed E-state index contributed by atoms with van der Waals surface area (Å²) in [5, 5.41) is 6.47. The van der Waals surface area contributed by atoms with Gasteiger partial charge < -0.3 is 20.3 Å². The fraction of sp³-hybridized carbons (Fsp3) is 0.650. The van der Waals surface area contributed by atoms with Crippen LogP contribution in [0, 0.1) is 0 Å². The minimum absolute atomic E-state index is 0.0274. The molecule has 2 aliphatic heterocycles. The summed E-state index contributed by atoms with van der Waals surface area (Å²) in [6.45, 7) is 3.97. The van der Waals surface area contributed by atoms with Gasteiger partial charge in [-0.05, 0) is 57.2 Å². The molecule has 2 saturated heterocycles. The van der Waals surface area contributed by atoms with Crippen LogP contribution in [-0.2, 0) is 4.74 Å². The fourth-order valence-corrected chi connectivity index (χ4v) is 4.24. The molecule has 0 aromatic heterocycles. The molecule has 1 aliphatic carbocycles. The lowest BCUT2D eigenvalue weighted by Crippen LogP contribution is -2.51. The monoisotopic (exact) mass is 343 g/mol. The van der Waals surface area contributed by atoms with Gasteiger partial charge in [0.1, 0.15) is 0 Å². The number of benzene rings is 1. The van der Waals surface area contributed by atoms with E-state index in [1.54, 1.807) is 0 Å². The summed E-state index contributed by atoms with van der Waals surface area (Å²) in [6.07, 6.45) is 6.96. The Balaban J connectivity index is 1.40. The van der Waals surface area contributed by atoms with Crippen LogP contribution in [0.25, 0.3) is 0 Å². The third kappa shape index (κ3) is 3.98. The molecule has 0 radical (unpaired) electrons. The molecule has 5 heteroatoms. The maximum Gasteiger partial charge on any atom is 0.315 e. The van der Waals surface area contributed by atoms with Crippen molar-refractivity contribution in [1.82, 2.24) is 15.5 Å². The third-order valence-electron chi connectivity index (χ3n) is 5.84. The van der Waals surface area contributed by atoms with Gasteiger partial charge in [-0.1, -0.05) is 30.3 Å². The molecule has 2 heterocycles. The molecule has 1 saturated carbocycles. The highest BCUT2D eigenvalue weighted by molar-refractivity contribution is 5.76. The first kappa shape index (κ1) is 16.9. The molecule has 5 nitrogen and oxygen atoms in total. The van der Waals surface area contributed by atoms with Gasteiger partial charge in [-0.15, -0.1) is 0 Å². The van der Waals surface area contributed by atoms with E-state index < -0.39 is 0 Å². The zero-order valence-corrected chi connectivity index (χ0v) is 14.9. The molecule has 1 aromatic rings. The number of hydrogen-bond acceptors (Lipinski definition) is 3. The Morgan fingerprint density at radius 3 is 2.60 bits per heavy atom. The van der Waals surface area contributed by atoms with E-state index in [0.29, 0.717) is 0 Å². The first-order valence-corrected chi connectivity index (χ1v) is 9.73. The molecule has 2 unspecified atom stereocenters. The molecular weight excluding hydrogens is 314 g/mol. The SMILES string of the molecule is O=C(NC(CN1CCCC1)c1ccccc1)NC1(C2CCCO2)CC1. The second-order valence-electron chi connectivity index (χ2n) is 7.73. The smallest absolute Gasteiger partial charge is 0.315 e. The van der Waals surface area contributed by atoms with Gasteiger partial charge in [0.15, 0.2) is 0 Å². The summed E-state index contributed by atoms with van der Waals surface area (Å²) in [6, 6.07) is 10.3. The van der Waals surface area contributed by atoms with Crippen LogP contribution in [0.5, 0.6) is 0 Å². The third-order valence-corrected chi connectivity index (χ3v) is 5.84. The highest BCUT2D eigenvalue weighted by atomic mass is 16.5. The Hall–Kier alpha value is -1.59. The molecule has 4 rings (SSSR count). The number of nitrogens with zero attached hydrogens (tertiary/aromatic N) is 1. The fourth-order valence-electron chi connectivity index (χ4n) is 4.24. The zero-order valence-electron chi connectivity index (χ0n) is 14.9. The molecular formula is C20H29N3O2. The number of rotatable bonds is 6. The molecule has 3 aliphatic rings. The van der Waals surface area contributed by atoms with E-state index in [9.17, 15) is 4.79 Å². The van der Waals surface area contributed by atoms with Crippen molar-refractivity contribution < 1.29 is 9.53 Å². The van der Waals surface area contributed by atoms with Crippen molar-refractivity contribution >= 4 is 6.03 Å². The highest BCUT2D eigenvalue weighted by Gasteiger charge is 2.52. The largest absolute Gasteiger partial charge is 0.376 e. The molecule has 2 atom stereocenters. The van der Waals surface area contributed by atoms with Crippen LogP contribution in [0.4, 0.5) is 4.79 Å². The molecule has 0 spiro atoms. The van der Waals surface area contributed by atoms with E-state index in [1.165, 1.54) is 18.4 Å². The lowest BCUT2D eigenvalue weighted by Gasteiger charge is -2.28. The van der Waals surface area contributed by atoms with Crippen molar-refractivity contribution in [3.63, 3.8) is 0 Å². The van der Waals surface area contributed by atoms with Gasteiger partial charge in [0, 0.05) is 13.2 Å². The first-order chi connectivity index (χ1) is 12.3. The summed E-state index contributed by atoms with van der Waals surface area (Å²) >= 11 is 0. The van der Waals surface area contributed by atoms with Crippen LogP contribution in [0.2, 0.25) is 0 Å². The number of carbonyl (C=O) groups excluding carboxylic acids is 1. The summed E-state index contributed by atoms with van der Waals surface area (Å²) in [5.41, 5.74) is 1.06. The van der Waals surface area contributed by atoms with Crippen molar-refractivity contribution in [3.05, 3.63) is 35.9 Å². The Morgan fingerprint density at radius 2 is 1.96 bits per heavy atom. The Bertz CT molecular complexity index is 576. The van der Waals surface area contributed by atoms with Crippen molar-refractivity contribution in [2.45, 2.75) is 56.2 Å². The number of amides is 2. The van der Waals surface area contributed by atoms with E-state index in [0.717, 1.165) is 51.9 Å². The average molecular weight is 343 g/mol. The minimum atomic E-state index is -0.116. The normalized spacial score (nSPS) is 26.3. The minimum Gasteiger partial charge on any atom is -0.376 e. The Labute approximate surface area is 150 Å². The topological polar surface area (TPSA) is 53.6 Å². The predicted octanol–water partition coefficient (Wildman–Crippen LogP) is 2.83. The highest BCUT2D eigenvalue weighted by Crippen LogP contribution is 2.43. The Morgan fingerprint density at radius 1 is 1.20 bits per heavy atom. The van der Waals surface area contributed by atoms with Gasteiger partial charge in [-0.25, -0.2) is 4.79 Å². The summed E-state index contributed by atoms with van der Waals surface area (Å²) in [5.74, 6) is 0. The molecule has 2 N–H and O–H groups in total. The van der Waals surface area contributed by atoms with Crippen molar-refractivity contribution in [2.24, 2.45) is 0 Å². The second kappa shape index (κ2) is 7.34. The van der Waals surface area contributed by atoms with Gasteiger partial charge in [0.25, 0.3) is 0 Å². The number of ether oxygens (including phenoxy) is 1. The molecule has 1 aromatic carbocycles. The summed E-state index contributed by atoms with van der Waals surface area (Å²) < 4.78 is 5.83. The standard InChI is InChI=1S/C20H29N3O2/c24-19(22-20(10-11-20)18-9-6-14-25-18)21-17(15-23-12-4-5-13-23)16-7-2-1-3-8-16/h1-3,7-8,17-18H,4-6,9-15H2,(H2,21,22,24). The van der Waals surface area contributed by atoms with E-state index in [2.05, 4.69) is 27.7 Å². The number of nitrogens with one attached hydrogen (secondary N) is 2. The molecule has 0 bridgehead atoms. The lowest BCUT2D eigenvalue weighted by molar-refractivity contribution is 0.0721. The molecule has 136 valence electrons. The van der Waals surface area contributed by atoms with Gasteiger partial charge in [0.2, 0.25) is 0 Å². The number of likely N-dealkylation sites (tertiary alicyclic amines) is 1. The lowest BCUT2D eigenvalue weighted by atomic mass is 10.1. The van der Waals surface area contributed by atoms with E-state index in [-0.39, 0.29) is 23.7 Å². The molecule has 25 heavy (non-hydrogen) atoms. The number of carbonyl (C=O) groups is 1. The van der Waals surface area contributed by atoms with Gasteiger partial charge >= 0.3 is 6.03 Å². The van der Waals surface area contributed by atoms with Gasteiger partial charge in [-0.3, -0.25) is 0 Å².